The highest BCUT2D eigenvalue weighted by Crippen LogP contribution is 2.48. The van der Waals surface area contributed by atoms with Gasteiger partial charge in [-0.2, -0.15) is 0 Å². The molecule has 2 aliphatic carbocycles. The largest absolute Gasteiger partial charge is 0.550 e. The first-order chi connectivity index (χ1) is 9.56. The third kappa shape index (κ3) is 2.05. The number of carbonyl (C=O) groups is 2. The second-order valence-corrected chi connectivity index (χ2v) is 5.36. The van der Waals surface area contributed by atoms with Gasteiger partial charge in [0.05, 0.1) is 5.92 Å². The summed E-state index contributed by atoms with van der Waals surface area (Å²) in [5.74, 6) is -2.81. The Morgan fingerprint density at radius 2 is 1.70 bits per heavy atom. The van der Waals surface area contributed by atoms with E-state index in [0.717, 1.165) is 0 Å². The number of phenolic OH excluding ortho intramolecular Hbond substituents is 1. The molecule has 1 amide bonds. The van der Waals surface area contributed by atoms with Gasteiger partial charge in [-0.05, 0) is 42.5 Å². The number of amides is 1. The van der Waals surface area contributed by atoms with Crippen molar-refractivity contribution in [1.29, 1.82) is 0 Å². The molecule has 5 heteroatoms. The summed E-state index contributed by atoms with van der Waals surface area (Å²) in [4.78, 5) is 23.6. The summed E-state index contributed by atoms with van der Waals surface area (Å²) in [7, 11) is 0. The Morgan fingerprint density at radius 3 is 2.30 bits per heavy atom. The van der Waals surface area contributed by atoms with Gasteiger partial charge in [-0.3, -0.25) is 4.79 Å². The minimum Gasteiger partial charge on any atom is -0.550 e. The number of anilines is 1. The van der Waals surface area contributed by atoms with Crippen molar-refractivity contribution in [2.75, 3.05) is 5.32 Å². The third-order valence-corrected chi connectivity index (χ3v) is 4.17. The number of fused-ring (bicyclic) bond motifs is 2. The number of aromatic hydroxyl groups is 1. The molecule has 0 aliphatic heterocycles. The van der Waals surface area contributed by atoms with Crippen LogP contribution < -0.4 is 10.4 Å². The minimum atomic E-state index is -1.16. The maximum absolute atomic E-state index is 12.3. The zero-order valence-electron chi connectivity index (χ0n) is 10.7. The zero-order valence-corrected chi connectivity index (χ0v) is 10.7. The molecule has 0 heterocycles. The van der Waals surface area contributed by atoms with Crippen LogP contribution in [0.1, 0.15) is 6.42 Å². The van der Waals surface area contributed by atoms with Crippen LogP contribution in [0.25, 0.3) is 0 Å². The molecule has 2 bridgehead atoms. The second kappa shape index (κ2) is 4.67. The van der Waals surface area contributed by atoms with Gasteiger partial charge in [0.25, 0.3) is 0 Å². The number of benzene rings is 1. The van der Waals surface area contributed by atoms with Crippen molar-refractivity contribution >= 4 is 17.6 Å². The number of hydrogen-bond acceptors (Lipinski definition) is 4. The van der Waals surface area contributed by atoms with Gasteiger partial charge in [0, 0.05) is 17.6 Å². The Hall–Kier alpha value is -2.30. The summed E-state index contributed by atoms with van der Waals surface area (Å²) in [6.45, 7) is 0. The summed E-state index contributed by atoms with van der Waals surface area (Å²) in [5, 5.41) is 23.1. The molecular formula is C15H14NO4-. The molecule has 0 spiro atoms. The number of hydrogen-bond donors (Lipinski definition) is 2. The molecule has 0 aromatic heterocycles. The monoisotopic (exact) mass is 272 g/mol. The summed E-state index contributed by atoms with van der Waals surface area (Å²) in [6, 6.07) is 6.08. The highest BCUT2D eigenvalue weighted by atomic mass is 16.4. The normalized spacial score (nSPS) is 30.4. The van der Waals surface area contributed by atoms with Gasteiger partial charge in [0.15, 0.2) is 0 Å². The smallest absolute Gasteiger partial charge is 0.228 e. The number of allylic oxidation sites excluding steroid dienone is 2. The van der Waals surface area contributed by atoms with Gasteiger partial charge >= 0.3 is 0 Å². The zero-order chi connectivity index (χ0) is 14.3. The summed E-state index contributed by atoms with van der Waals surface area (Å²) in [6.07, 6.45) is 4.49. The maximum Gasteiger partial charge on any atom is 0.228 e. The number of carbonyl (C=O) groups excluding carboxylic acids is 2. The topological polar surface area (TPSA) is 89.5 Å². The Balaban J connectivity index is 1.78. The predicted molar refractivity (Wildman–Crippen MR) is 69.5 cm³/mol. The van der Waals surface area contributed by atoms with E-state index >= 15 is 0 Å². The van der Waals surface area contributed by atoms with Crippen LogP contribution in [0.3, 0.4) is 0 Å². The maximum atomic E-state index is 12.3. The molecule has 5 nitrogen and oxygen atoms in total. The average molecular weight is 272 g/mol. The van der Waals surface area contributed by atoms with E-state index in [1.54, 1.807) is 12.1 Å². The van der Waals surface area contributed by atoms with Gasteiger partial charge in [-0.15, -0.1) is 0 Å². The van der Waals surface area contributed by atoms with Crippen LogP contribution in [0.15, 0.2) is 36.4 Å². The molecule has 1 aromatic rings. The molecule has 4 atom stereocenters. The van der Waals surface area contributed by atoms with E-state index in [9.17, 15) is 19.8 Å². The lowest BCUT2D eigenvalue weighted by atomic mass is 9.82. The Kier molecular flexibility index (Phi) is 2.97. The minimum absolute atomic E-state index is 0.0278. The molecule has 0 unspecified atom stereocenters. The van der Waals surface area contributed by atoms with Crippen molar-refractivity contribution in [3.8, 4) is 5.75 Å². The molecule has 1 fully saturated rings. The van der Waals surface area contributed by atoms with Gasteiger partial charge in [-0.1, -0.05) is 12.2 Å². The molecule has 3 rings (SSSR count). The molecular weight excluding hydrogens is 258 g/mol. The number of carboxylic acids is 1. The third-order valence-electron chi connectivity index (χ3n) is 4.17. The summed E-state index contributed by atoms with van der Waals surface area (Å²) < 4.78 is 0. The van der Waals surface area contributed by atoms with Crippen molar-refractivity contribution in [2.24, 2.45) is 23.7 Å². The number of phenols is 1. The lowest BCUT2D eigenvalue weighted by Crippen LogP contribution is -2.42. The Morgan fingerprint density at radius 1 is 1.10 bits per heavy atom. The van der Waals surface area contributed by atoms with E-state index < -0.39 is 17.8 Å². The molecule has 104 valence electrons. The molecule has 0 saturated heterocycles. The van der Waals surface area contributed by atoms with Gasteiger partial charge in [0.1, 0.15) is 5.75 Å². The van der Waals surface area contributed by atoms with Crippen molar-refractivity contribution in [3.05, 3.63) is 36.4 Å². The van der Waals surface area contributed by atoms with Crippen LogP contribution in [-0.2, 0) is 9.59 Å². The van der Waals surface area contributed by atoms with Crippen molar-refractivity contribution in [2.45, 2.75) is 6.42 Å². The number of aliphatic carboxylic acids is 1. The highest BCUT2D eigenvalue weighted by molar-refractivity contribution is 5.96. The van der Waals surface area contributed by atoms with Crippen LogP contribution in [0, 0.1) is 23.7 Å². The number of nitrogens with one attached hydrogen (secondary N) is 1. The fourth-order valence-electron chi connectivity index (χ4n) is 3.27. The average Bonchev–Trinajstić information content (AvgIpc) is 3.01. The molecule has 2 N–H and O–H groups in total. The second-order valence-electron chi connectivity index (χ2n) is 5.36. The summed E-state index contributed by atoms with van der Waals surface area (Å²) >= 11 is 0. The fraction of sp³-hybridized carbons (Fsp3) is 0.333. The van der Waals surface area contributed by atoms with Crippen LogP contribution in [-0.4, -0.2) is 17.0 Å². The van der Waals surface area contributed by atoms with E-state index in [4.69, 9.17) is 0 Å². The van der Waals surface area contributed by atoms with Gasteiger partial charge < -0.3 is 20.3 Å². The Bertz CT molecular complexity index is 578. The van der Waals surface area contributed by atoms with Crippen LogP contribution in [0.5, 0.6) is 5.75 Å². The predicted octanol–water partition coefficient (Wildman–Crippen LogP) is 0.519. The van der Waals surface area contributed by atoms with Crippen molar-refractivity contribution < 1.29 is 19.8 Å². The first-order valence-electron chi connectivity index (χ1n) is 6.55. The Labute approximate surface area is 115 Å². The van der Waals surface area contributed by atoms with Crippen LogP contribution in [0.4, 0.5) is 5.69 Å². The SMILES string of the molecule is O=C(Nc1ccc(O)cc1)[C@@H]1[C@@H](C(=O)[O-])[C@H]2C=C[C@@H]1C2. The fourth-order valence-corrected chi connectivity index (χ4v) is 3.27. The molecule has 2 aliphatic rings. The lowest BCUT2D eigenvalue weighted by molar-refractivity contribution is -0.313. The van der Waals surface area contributed by atoms with Crippen molar-refractivity contribution in [3.63, 3.8) is 0 Å². The quantitative estimate of drug-likeness (QED) is 0.620. The number of rotatable bonds is 3. The summed E-state index contributed by atoms with van der Waals surface area (Å²) in [5.41, 5.74) is 0.539. The number of carboxylic acid groups (broad SMARTS) is 1. The van der Waals surface area contributed by atoms with Gasteiger partial charge in [-0.25, -0.2) is 0 Å². The molecule has 1 aromatic carbocycles. The first-order valence-corrected chi connectivity index (χ1v) is 6.55. The van der Waals surface area contributed by atoms with Crippen LogP contribution in [0.2, 0.25) is 0 Å². The van der Waals surface area contributed by atoms with Crippen LogP contribution >= 0.6 is 0 Å². The highest BCUT2D eigenvalue weighted by Gasteiger charge is 2.48. The molecule has 1 saturated carbocycles. The first kappa shape index (κ1) is 12.7. The van der Waals surface area contributed by atoms with E-state index in [0.29, 0.717) is 12.1 Å². The van der Waals surface area contributed by atoms with E-state index in [-0.39, 0.29) is 23.5 Å². The molecule has 0 radical (unpaired) electrons. The standard InChI is InChI=1S/C15H15NO4/c17-11-5-3-10(4-6-11)16-14(18)12-8-1-2-9(7-8)13(12)15(19)20/h1-6,8-9,12-13,17H,7H2,(H,16,18)(H,19,20)/p-1/t8-,9+,12+,13+/m1/s1. The lowest BCUT2D eigenvalue weighted by Gasteiger charge is -2.27. The van der Waals surface area contributed by atoms with E-state index in [1.165, 1.54) is 12.1 Å². The van der Waals surface area contributed by atoms with E-state index in [2.05, 4.69) is 5.32 Å². The van der Waals surface area contributed by atoms with E-state index in [1.807, 2.05) is 12.2 Å². The van der Waals surface area contributed by atoms with Crippen molar-refractivity contribution in [1.82, 2.24) is 0 Å². The van der Waals surface area contributed by atoms with Gasteiger partial charge in [0.2, 0.25) is 5.91 Å². The molecule has 20 heavy (non-hydrogen) atoms.